The Morgan fingerprint density at radius 1 is 0.923 bits per heavy atom. The summed E-state index contributed by atoms with van der Waals surface area (Å²) in [6.45, 7) is 0.737. The number of nitrogens with one attached hydrogen (secondary N) is 2. The maximum atomic E-state index is 12.3. The van der Waals surface area contributed by atoms with E-state index in [4.69, 9.17) is 23.2 Å². The molecule has 4 nitrogen and oxygen atoms in total. The third-order valence-electron chi connectivity index (χ3n) is 3.73. The van der Waals surface area contributed by atoms with E-state index in [0.717, 1.165) is 23.7 Å². The molecule has 0 saturated heterocycles. The van der Waals surface area contributed by atoms with E-state index >= 15 is 0 Å². The van der Waals surface area contributed by atoms with Crippen LogP contribution < -0.4 is 10.6 Å². The Bertz CT molecular complexity index is 898. The molecule has 2 aromatic carbocycles. The Morgan fingerprint density at radius 3 is 2.50 bits per heavy atom. The van der Waals surface area contributed by atoms with E-state index in [1.165, 1.54) is 5.56 Å². The van der Waals surface area contributed by atoms with Crippen molar-refractivity contribution in [3.63, 3.8) is 0 Å². The molecule has 0 bridgehead atoms. The molecule has 0 atom stereocenters. The number of carbonyl (C=O) groups excluding carboxylic acids is 1. The molecule has 0 radical (unpaired) electrons. The van der Waals surface area contributed by atoms with E-state index in [0.29, 0.717) is 16.4 Å². The number of carbonyl (C=O) groups is 1. The molecule has 1 amide bonds. The molecule has 0 aliphatic carbocycles. The van der Waals surface area contributed by atoms with E-state index in [1.807, 2.05) is 30.3 Å². The normalized spacial score (nSPS) is 10.4. The average Bonchev–Trinajstić information content (AvgIpc) is 2.64. The number of hydrogen-bond acceptors (Lipinski definition) is 3. The lowest BCUT2D eigenvalue weighted by atomic mass is 10.1. The summed E-state index contributed by atoms with van der Waals surface area (Å²) >= 11 is 11.8. The second-order valence-electron chi connectivity index (χ2n) is 5.70. The Kier molecular flexibility index (Phi) is 6.10. The Morgan fingerprint density at radius 2 is 1.73 bits per heavy atom. The maximum Gasteiger partial charge on any atom is 0.274 e. The number of anilines is 2. The highest BCUT2D eigenvalue weighted by Crippen LogP contribution is 2.16. The fraction of sp³-hybridized carbons (Fsp3) is 0.100. The highest BCUT2D eigenvalue weighted by atomic mass is 35.5. The molecule has 1 heterocycles. The zero-order valence-electron chi connectivity index (χ0n) is 13.9. The van der Waals surface area contributed by atoms with Crippen molar-refractivity contribution in [1.29, 1.82) is 0 Å². The molecule has 0 aliphatic rings. The van der Waals surface area contributed by atoms with E-state index < -0.39 is 0 Å². The predicted octanol–water partition coefficient (Wildman–Crippen LogP) is 5.30. The molecule has 1 aromatic heterocycles. The zero-order valence-corrected chi connectivity index (χ0v) is 15.4. The molecule has 0 spiro atoms. The largest absolute Gasteiger partial charge is 0.385 e. The third kappa shape index (κ3) is 5.22. The standard InChI is InChI=1S/C20H17Cl2N3O/c21-15-6-4-14(5-7-15)8-10-23-17-9-11-24-19(13-17)20(26)25-18-3-1-2-16(22)12-18/h1-7,9,11-13H,8,10H2,(H,23,24)(H,25,26). The monoisotopic (exact) mass is 385 g/mol. The number of pyridine rings is 1. The number of rotatable bonds is 6. The van der Waals surface area contributed by atoms with Crippen molar-refractivity contribution in [3.8, 4) is 0 Å². The van der Waals surface area contributed by atoms with Crippen LogP contribution >= 0.6 is 23.2 Å². The molecular formula is C20H17Cl2N3O. The van der Waals surface area contributed by atoms with Gasteiger partial charge in [0.1, 0.15) is 5.69 Å². The molecule has 132 valence electrons. The smallest absolute Gasteiger partial charge is 0.274 e. The minimum Gasteiger partial charge on any atom is -0.385 e. The van der Waals surface area contributed by atoms with Gasteiger partial charge in [-0.2, -0.15) is 0 Å². The first-order valence-corrected chi connectivity index (χ1v) is 8.87. The Labute approximate surface area is 162 Å². The molecule has 3 rings (SSSR count). The Balaban J connectivity index is 1.58. The van der Waals surface area contributed by atoms with Crippen molar-refractivity contribution in [2.24, 2.45) is 0 Å². The number of benzene rings is 2. The zero-order chi connectivity index (χ0) is 18.4. The van der Waals surface area contributed by atoms with E-state index in [1.54, 1.807) is 36.5 Å². The van der Waals surface area contributed by atoms with Gasteiger partial charge in [0.05, 0.1) is 0 Å². The highest BCUT2D eigenvalue weighted by molar-refractivity contribution is 6.31. The van der Waals surface area contributed by atoms with E-state index in [2.05, 4.69) is 15.6 Å². The fourth-order valence-corrected chi connectivity index (χ4v) is 2.74. The van der Waals surface area contributed by atoms with Crippen LogP contribution in [0, 0.1) is 0 Å². The van der Waals surface area contributed by atoms with Gasteiger partial charge in [0, 0.05) is 34.2 Å². The summed E-state index contributed by atoms with van der Waals surface area (Å²) in [5.74, 6) is -0.284. The number of aromatic nitrogens is 1. The topological polar surface area (TPSA) is 54.0 Å². The second-order valence-corrected chi connectivity index (χ2v) is 6.57. The van der Waals surface area contributed by atoms with Gasteiger partial charge in [-0.25, -0.2) is 0 Å². The molecule has 0 unspecified atom stereocenters. The summed E-state index contributed by atoms with van der Waals surface area (Å²) in [6, 6.07) is 18.3. The van der Waals surface area contributed by atoms with Gasteiger partial charge in [0.25, 0.3) is 5.91 Å². The molecule has 0 aliphatic heterocycles. The lowest BCUT2D eigenvalue weighted by molar-refractivity contribution is 0.102. The van der Waals surface area contributed by atoms with Crippen LogP contribution in [0.3, 0.4) is 0 Å². The number of hydrogen-bond donors (Lipinski definition) is 2. The first-order chi connectivity index (χ1) is 12.6. The van der Waals surface area contributed by atoms with Gasteiger partial charge in [-0.05, 0) is 54.4 Å². The summed E-state index contributed by atoms with van der Waals surface area (Å²) in [7, 11) is 0. The number of halogens is 2. The van der Waals surface area contributed by atoms with Gasteiger partial charge in [0.15, 0.2) is 0 Å². The predicted molar refractivity (Wildman–Crippen MR) is 107 cm³/mol. The molecule has 6 heteroatoms. The number of amides is 1. The van der Waals surface area contributed by atoms with Crippen LogP contribution in [-0.4, -0.2) is 17.4 Å². The summed E-state index contributed by atoms with van der Waals surface area (Å²) in [4.78, 5) is 16.5. The highest BCUT2D eigenvalue weighted by Gasteiger charge is 2.08. The SMILES string of the molecule is O=C(Nc1cccc(Cl)c1)c1cc(NCCc2ccc(Cl)cc2)ccn1. The quantitative estimate of drug-likeness (QED) is 0.605. The van der Waals surface area contributed by atoms with E-state index in [-0.39, 0.29) is 5.91 Å². The van der Waals surface area contributed by atoms with Crippen molar-refractivity contribution in [1.82, 2.24) is 4.98 Å². The lowest BCUT2D eigenvalue weighted by Crippen LogP contribution is -2.14. The molecule has 26 heavy (non-hydrogen) atoms. The summed E-state index contributed by atoms with van der Waals surface area (Å²) < 4.78 is 0. The van der Waals surface area contributed by atoms with Gasteiger partial charge >= 0.3 is 0 Å². The van der Waals surface area contributed by atoms with Gasteiger partial charge in [-0.3, -0.25) is 9.78 Å². The van der Waals surface area contributed by atoms with E-state index in [9.17, 15) is 4.79 Å². The van der Waals surface area contributed by atoms with Gasteiger partial charge in [-0.1, -0.05) is 41.4 Å². The van der Waals surface area contributed by atoms with Crippen molar-refractivity contribution >= 4 is 40.5 Å². The third-order valence-corrected chi connectivity index (χ3v) is 4.22. The van der Waals surface area contributed by atoms with Crippen molar-refractivity contribution < 1.29 is 4.79 Å². The molecule has 0 fully saturated rings. The first-order valence-electron chi connectivity index (χ1n) is 8.11. The molecule has 2 N–H and O–H groups in total. The molecule has 0 saturated carbocycles. The van der Waals surface area contributed by atoms with Crippen molar-refractivity contribution in [3.05, 3.63) is 88.2 Å². The average molecular weight is 386 g/mol. The summed E-state index contributed by atoms with van der Waals surface area (Å²) in [5, 5.41) is 7.38. The van der Waals surface area contributed by atoms with Crippen LogP contribution in [0.25, 0.3) is 0 Å². The van der Waals surface area contributed by atoms with Gasteiger partial charge < -0.3 is 10.6 Å². The van der Waals surface area contributed by atoms with Gasteiger partial charge in [-0.15, -0.1) is 0 Å². The van der Waals surface area contributed by atoms with Crippen LogP contribution in [0.1, 0.15) is 16.1 Å². The summed E-state index contributed by atoms with van der Waals surface area (Å²) in [5.41, 5.74) is 2.99. The molecular weight excluding hydrogens is 369 g/mol. The van der Waals surface area contributed by atoms with Crippen LogP contribution in [0.5, 0.6) is 0 Å². The van der Waals surface area contributed by atoms with Crippen LogP contribution in [-0.2, 0) is 6.42 Å². The minimum absolute atomic E-state index is 0.284. The van der Waals surface area contributed by atoms with Crippen LogP contribution in [0.15, 0.2) is 66.9 Å². The van der Waals surface area contributed by atoms with Gasteiger partial charge in [0.2, 0.25) is 0 Å². The lowest BCUT2D eigenvalue weighted by Gasteiger charge is -2.09. The number of nitrogens with zero attached hydrogens (tertiary/aromatic N) is 1. The van der Waals surface area contributed by atoms with Crippen molar-refractivity contribution in [2.75, 3.05) is 17.2 Å². The maximum absolute atomic E-state index is 12.3. The fourth-order valence-electron chi connectivity index (χ4n) is 2.43. The Hall–Kier alpha value is -2.56. The van der Waals surface area contributed by atoms with Crippen LogP contribution in [0.4, 0.5) is 11.4 Å². The summed E-state index contributed by atoms with van der Waals surface area (Å²) in [6.07, 6.45) is 2.46. The minimum atomic E-state index is -0.284. The second kappa shape index (κ2) is 8.70. The van der Waals surface area contributed by atoms with Crippen molar-refractivity contribution in [2.45, 2.75) is 6.42 Å². The van der Waals surface area contributed by atoms with Crippen LogP contribution in [0.2, 0.25) is 10.0 Å². The first kappa shape index (κ1) is 18.2. The molecule has 3 aromatic rings.